The number of anilines is 3. The van der Waals surface area contributed by atoms with Crippen LogP contribution in [0.2, 0.25) is 5.02 Å². The summed E-state index contributed by atoms with van der Waals surface area (Å²) in [6.45, 7) is 0. The van der Waals surface area contributed by atoms with E-state index >= 15 is 0 Å². The summed E-state index contributed by atoms with van der Waals surface area (Å²) in [7, 11) is 0. The molecular formula is C33H25ClFN9. The number of nitrogens with one attached hydrogen (secondary N) is 4. The number of nitriles is 2. The van der Waals surface area contributed by atoms with Crippen molar-refractivity contribution in [1.29, 1.82) is 10.5 Å². The quantitative estimate of drug-likeness (QED) is 0.143. The second kappa shape index (κ2) is 12.7. The number of halogens is 2. The lowest BCUT2D eigenvalue weighted by atomic mass is 10.0. The predicted molar refractivity (Wildman–Crippen MR) is 168 cm³/mol. The van der Waals surface area contributed by atoms with Gasteiger partial charge in [0.25, 0.3) is 0 Å². The Labute approximate surface area is 258 Å². The van der Waals surface area contributed by atoms with E-state index in [0.717, 1.165) is 22.5 Å². The minimum Gasteiger partial charge on any atom is -0.376 e. The molecule has 4 N–H and O–H groups in total. The Kier molecular flexibility index (Phi) is 8.19. The molecule has 0 saturated carbocycles. The lowest BCUT2D eigenvalue weighted by Gasteiger charge is -2.23. The van der Waals surface area contributed by atoms with Crippen LogP contribution in [-0.4, -0.2) is 9.97 Å². The van der Waals surface area contributed by atoms with Crippen LogP contribution in [0.3, 0.4) is 0 Å². The maximum atomic E-state index is 13.9. The number of aromatic nitrogens is 2. The van der Waals surface area contributed by atoms with E-state index in [9.17, 15) is 14.9 Å². The highest BCUT2D eigenvalue weighted by molar-refractivity contribution is 6.35. The van der Waals surface area contributed by atoms with Crippen molar-refractivity contribution in [3.8, 4) is 12.1 Å². The van der Waals surface area contributed by atoms with E-state index in [4.69, 9.17) is 11.6 Å². The first kappa shape index (κ1) is 28.4. The number of rotatable bonds is 9. The Balaban J connectivity index is 1.42. The molecule has 216 valence electrons. The maximum absolute atomic E-state index is 13.9. The van der Waals surface area contributed by atoms with Gasteiger partial charge in [-0.05, 0) is 47.5 Å². The molecule has 11 heteroatoms. The lowest BCUT2D eigenvalue weighted by Crippen LogP contribution is -2.37. The van der Waals surface area contributed by atoms with Gasteiger partial charge in [0.2, 0.25) is 0 Å². The van der Waals surface area contributed by atoms with E-state index in [0.29, 0.717) is 32.9 Å². The molecule has 3 aromatic carbocycles. The van der Waals surface area contributed by atoms with Crippen molar-refractivity contribution in [1.82, 2.24) is 20.9 Å². The molecule has 0 spiro atoms. The van der Waals surface area contributed by atoms with E-state index < -0.39 is 6.04 Å². The van der Waals surface area contributed by atoms with Gasteiger partial charge in [-0.1, -0.05) is 54.1 Å². The lowest BCUT2D eigenvalue weighted by molar-refractivity contribution is 0.621. The highest BCUT2D eigenvalue weighted by Gasteiger charge is 2.24. The van der Waals surface area contributed by atoms with Crippen LogP contribution in [0.4, 0.5) is 21.5 Å². The molecule has 0 radical (unpaired) electrons. The first-order valence-corrected chi connectivity index (χ1v) is 14.1. The Hall–Kier alpha value is -5.68. The molecule has 0 bridgehead atoms. The van der Waals surface area contributed by atoms with Crippen LogP contribution in [0.5, 0.6) is 0 Å². The van der Waals surface area contributed by atoms with E-state index in [1.807, 2.05) is 54.7 Å². The van der Waals surface area contributed by atoms with Gasteiger partial charge in [0, 0.05) is 29.7 Å². The third kappa shape index (κ3) is 5.94. The fourth-order valence-corrected chi connectivity index (χ4v) is 5.33. The van der Waals surface area contributed by atoms with Crippen LogP contribution in [-0.2, 0) is 0 Å². The molecule has 1 unspecified atom stereocenters. The highest BCUT2D eigenvalue weighted by Crippen LogP contribution is 2.37. The van der Waals surface area contributed by atoms with Gasteiger partial charge in [-0.15, -0.1) is 5.53 Å². The number of pyridine rings is 2. The van der Waals surface area contributed by atoms with Gasteiger partial charge < -0.3 is 16.1 Å². The van der Waals surface area contributed by atoms with Crippen LogP contribution in [0, 0.1) is 28.5 Å². The van der Waals surface area contributed by atoms with Gasteiger partial charge in [-0.3, -0.25) is 15.0 Å². The normalized spacial score (nSPS) is 13.7. The summed E-state index contributed by atoms with van der Waals surface area (Å²) in [5.41, 5.74) is 11.5. The molecule has 44 heavy (non-hydrogen) atoms. The first-order chi connectivity index (χ1) is 21.5. The summed E-state index contributed by atoms with van der Waals surface area (Å²) < 4.78 is 13.9. The molecule has 2 atom stereocenters. The van der Waals surface area contributed by atoms with Crippen molar-refractivity contribution in [2.75, 3.05) is 15.6 Å². The summed E-state index contributed by atoms with van der Waals surface area (Å²) in [6.07, 6.45) is 6.96. The highest BCUT2D eigenvalue weighted by atomic mass is 35.5. The number of fused-ring (bicyclic) bond motifs is 1. The number of hydrogen-bond acceptors (Lipinski definition) is 9. The average Bonchev–Trinajstić information content (AvgIpc) is 3.55. The first-order valence-electron chi connectivity index (χ1n) is 13.7. The fraction of sp³-hybridized carbons (Fsp3) is 0.0909. The largest absolute Gasteiger partial charge is 0.376 e. The second-order valence-corrected chi connectivity index (χ2v) is 10.4. The molecule has 9 nitrogen and oxygen atoms in total. The smallest absolute Gasteiger partial charge is 0.123 e. The van der Waals surface area contributed by atoms with Gasteiger partial charge in [-0.2, -0.15) is 10.5 Å². The standard InChI is InChI=1S/C33H25ClFN9/c34-28-16-25(15-27-31(23(17-37)18-39-33(27)28)41-29(12-13-36)21-5-2-1-3-6-21)40-32(22-8-10-24(35)11-9-22)30-20-44(43-42-30)26-7-4-14-38-19-26/h1-11,14-16,18-20,29,32,40,42-43H,12H2,(H,39,41)/t29?,32-/m0/s1. The molecule has 0 amide bonds. The molecule has 1 aliphatic heterocycles. The van der Waals surface area contributed by atoms with E-state index in [2.05, 4.69) is 43.7 Å². The van der Waals surface area contributed by atoms with E-state index in [-0.39, 0.29) is 18.3 Å². The number of hydrogen-bond donors (Lipinski definition) is 4. The molecule has 5 aromatic rings. The van der Waals surface area contributed by atoms with E-state index in [1.165, 1.54) is 18.3 Å². The molecule has 3 heterocycles. The fourth-order valence-electron chi connectivity index (χ4n) is 5.06. The number of hydrazine groups is 2. The molecule has 6 rings (SSSR count). The zero-order chi connectivity index (χ0) is 30.5. The Bertz CT molecular complexity index is 1900. The second-order valence-electron chi connectivity index (χ2n) is 10.0. The molecule has 1 aliphatic rings. The topological polar surface area (TPSA) is 125 Å². The van der Waals surface area contributed by atoms with Crippen LogP contribution in [0.1, 0.15) is 35.2 Å². The average molecular weight is 602 g/mol. The van der Waals surface area contributed by atoms with Crippen molar-refractivity contribution in [3.05, 3.63) is 137 Å². The molecule has 0 saturated heterocycles. The summed E-state index contributed by atoms with van der Waals surface area (Å²) in [6, 6.07) is 26.8. The number of nitrogens with zero attached hydrogens (tertiary/aromatic N) is 5. The van der Waals surface area contributed by atoms with Gasteiger partial charge in [0.1, 0.15) is 11.9 Å². The summed E-state index contributed by atoms with van der Waals surface area (Å²) in [5, 5.41) is 29.3. The van der Waals surface area contributed by atoms with Crippen molar-refractivity contribution < 1.29 is 4.39 Å². The third-order valence-corrected chi connectivity index (χ3v) is 7.49. The third-order valence-electron chi connectivity index (χ3n) is 7.20. The van der Waals surface area contributed by atoms with Crippen LogP contribution in [0.25, 0.3) is 10.9 Å². The van der Waals surface area contributed by atoms with E-state index in [1.54, 1.807) is 35.6 Å². The minimum absolute atomic E-state index is 0.178. The molecule has 0 fully saturated rings. The van der Waals surface area contributed by atoms with Crippen molar-refractivity contribution >= 4 is 39.6 Å². The van der Waals surface area contributed by atoms with Crippen molar-refractivity contribution in [3.63, 3.8) is 0 Å². The Morgan fingerprint density at radius 3 is 2.50 bits per heavy atom. The SMILES string of the molecule is N#CCC(Nc1c(C#N)cnc2c(Cl)cc(N[C@H](C3=CN(c4cccnc4)NN3)c3ccc(F)cc3)cc12)c1ccccc1. The summed E-state index contributed by atoms with van der Waals surface area (Å²) in [4.78, 5) is 8.66. The maximum Gasteiger partial charge on any atom is 0.123 e. The van der Waals surface area contributed by atoms with Crippen LogP contribution >= 0.6 is 11.6 Å². The van der Waals surface area contributed by atoms with Crippen molar-refractivity contribution in [2.24, 2.45) is 0 Å². The Morgan fingerprint density at radius 1 is 0.955 bits per heavy atom. The summed E-state index contributed by atoms with van der Waals surface area (Å²) >= 11 is 6.78. The zero-order valence-corrected chi connectivity index (χ0v) is 23.9. The molecular weight excluding hydrogens is 577 g/mol. The molecule has 2 aromatic heterocycles. The van der Waals surface area contributed by atoms with Gasteiger partial charge in [-0.25, -0.2) is 4.39 Å². The van der Waals surface area contributed by atoms with Gasteiger partial charge in [0.05, 0.1) is 63.9 Å². The number of benzene rings is 3. The summed E-state index contributed by atoms with van der Waals surface area (Å²) in [5.74, 6) is -0.346. The monoisotopic (exact) mass is 601 g/mol. The van der Waals surface area contributed by atoms with Gasteiger partial charge in [0.15, 0.2) is 0 Å². The zero-order valence-electron chi connectivity index (χ0n) is 23.2. The van der Waals surface area contributed by atoms with Crippen LogP contribution < -0.4 is 26.6 Å². The minimum atomic E-state index is -0.461. The Morgan fingerprint density at radius 2 is 1.77 bits per heavy atom. The van der Waals surface area contributed by atoms with Crippen molar-refractivity contribution in [2.45, 2.75) is 18.5 Å². The van der Waals surface area contributed by atoms with Crippen LogP contribution in [0.15, 0.2) is 109 Å². The predicted octanol–water partition coefficient (Wildman–Crippen LogP) is 6.88. The van der Waals surface area contributed by atoms with Gasteiger partial charge >= 0.3 is 0 Å². The molecule has 0 aliphatic carbocycles.